The fourth-order valence-corrected chi connectivity index (χ4v) is 1.07. The van der Waals surface area contributed by atoms with Crippen molar-refractivity contribution in [2.24, 2.45) is 5.92 Å². The molecule has 1 heterocycles. The first-order valence-corrected chi connectivity index (χ1v) is 3.80. The van der Waals surface area contributed by atoms with Crippen LogP contribution >= 0.6 is 0 Å². The van der Waals surface area contributed by atoms with E-state index in [-0.39, 0.29) is 0 Å². The summed E-state index contributed by atoms with van der Waals surface area (Å²) >= 11 is 0. The van der Waals surface area contributed by atoms with Crippen molar-refractivity contribution in [2.45, 2.75) is 0 Å². The van der Waals surface area contributed by atoms with Crippen molar-refractivity contribution in [2.75, 3.05) is 26.7 Å². The van der Waals surface area contributed by atoms with Gasteiger partial charge in [-0.25, -0.2) is 4.79 Å². The summed E-state index contributed by atoms with van der Waals surface area (Å²) in [5.74, 6) is 0.312. The zero-order chi connectivity index (χ0) is 8.97. The Morgan fingerprint density at radius 3 is 2.92 bits per heavy atom. The lowest BCUT2D eigenvalue weighted by Gasteiger charge is -2.35. The molecule has 0 aromatic rings. The fraction of sp³-hybridized carbons (Fsp3) is 0.714. The molecule has 1 fully saturated rings. The molecule has 1 aliphatic rings. The normalized spacial score (nSPS) is 16.6. The number of rotatable bonds is 3. The lowest BCUT2D eigenvalue weighted by atomic mass is 10.0. The summed E-state index contributed by atoms with van der Waals surface area (Å²) in [5, 5.41) is 2.35. The number of ether oxygens (including phenoxy) is 1. The van der Waals surface area contributed by atoms with Gasteiger partial charge in [0.1, 0.15) is 0 Å². The van der Waals surface area contributed by atoms with Crippen molar-refractivity contribution in [3.8, 4) is 0 Å². The minimum atomic E-state index is -0.417. The topological polar surface area (TPSA) is 58.6 Å². The van der Waals surface area contributed by atoms with Gasteiger partial charge in [0.05, 0.1) is 6.61 Å². The highest BCUT2D eigenvalue weighted by molar-refractivity contribution is 5.66. The maximum atomic E-state index is 10.6. The van der Waals surface area contributed by atoms with Crippen molar-refractivity contribution in [1.82, 2.24) is 10.2 Å². The Morgan fingerprint density at radius 2 is 2.42 bits per heavy atom. The van der Waals surface area contributed by atoms with Crippen LogP contribution in [0.25, 0.3) is 0 Å². The Labute approximate surface area is 70.7 Å². The van der Waals surface area contributed by atoms with Crippen molar-refractivity contribution in [3.05, 3.63) is 0 Å². The predicted molar refractivity (Wildman–Crippen MR) is 41.5 cm³/mol. The van der Waals surface area contributed by atoms with E-state index in [2.05, 4.69) is 5.32 Å². The first-order valence-electron chi connectivity index (χ1n) is 3.80. The highest BCUT2D eigenvalue weighted by Gasteiger charge is 2.26. The molecular formula is C7H12N2O3. The van der Waals surface area contributed by atoms with Gasteiger partial charge in [0.2, 0.25) is 6.41 Å². The van der Waals surface area contributed by atoms with Gasteiger partial charge in [-0.15, -0.1) is 0 Å². The molecule has 1 saturated heterocycles. The number of nitrogens with zero attached hydrogens (tertiary/aromatic N) is 1. The van der Waals surface area contributed by atoms with Crippen molar-refractivity contribution in [1.29, 1.82) is 0 Å². The molecule has 1 rings (SSSR count). The van der Waals surface area contributed by atoms with E-state index in [4.69, 9.17) is 4.74 Å². The van der Waals surface area contributed by atoms with Crippen LogP contribution in [0.3, 0.4) is 0 Å². The van der Waals surface area contributed by atoms with E-state index in [9.17, 15) is 9.59 Å². The van der Waals surface area contributed by atoms with E-state index in [1.165, 1.54) is 7.05 Å². The molecule has 2 amide bonds. The Bertz CT molecular complexity index is 177. The zero-order valence-electron chi connectivity index (χ0n) is 6.95. The molecular weight excluding hydrogens is 160 g/mol. The second-order valence-corrected chi connectivity index (χ2v) is 2.77. The largest absolute Gasteiger partial charge is 0.449 e. The van der Waals surface area contributed by atoms with Crippen molar-refractivity contribution < 1.29 is 14.3 Å². The van der Waals surface area contributed by atoms with E-state index < -0.39 is 6.09 Å². The first-order chi connectivity index (χ1) is 5.76. The Hall–Kier alpha value is -1.26. The van der Waals surface area contributed by atoms with Crippen LogP contribution < -0.4 is 5.32 Å². The number of carbonyl (C=O) groups excluding carboxylic acids is 2. The lowest BCUT2D eigenvalue weighted by Crippen LogP contribution is -2.48. The molecule has 12 heavy (non-hydrogen) atoms. The van der Waals surface area contributed by atoms with Gasteiger partial charge in [-0.05, 0) is 0 Å². The molecule has 0 unspecified atom stereocenters. The van der Waals surface area contributed by atoms with Crippen LogP contribution in [0.4, 0.5) is 4.79 Å². The first kappa shape index (κ1) is 8.83. The summed E-state index contributed by atoms with van der Waals surface area (Å²) in [6.45, 7) is 1.78. The molecule has 0 bridgehead atoms. The van der Waals surface area contributed by atoms with Crippen LogP contribution in [0.2, 0.25) is 0 Å². The molecule has 1 aliphatic heterocycles. The highest BCUT2D eigenvalue weighted by atomic mass is 16.5. The standard InChI is InChI=1S/C7H12N2O3/c1-8-7(11)12-4-6-2-9(3-6)5-10/h5-6H,2-4H2,1H3,(H,8,11). The number of carbonyl (C=O) groups is 2. The summed E-state index contributed by atoms with van der Waals surface area (Å²) in [5.41, 5.74) is 0. The second kappa shape index (κ2) is 3.94. The van der Waals surface area contributed by atoms with Crippen LogP contribution in [0, 0.1) is 5.92 Å². The van der Waals surface area contributed by atoms with Crippen molar-refractivity contribution in [3.63, 3.8) is 0 Å². The average molecular weight is 172 g/mol. The Balaban J connectivity index is 2.03. The molecule has 1 N–H and O–H groups in total. The third kappa shape index (κ3) is 2.11. The van der Waals surface area contributed by atoms with Crippen LogP contribution in [0.5, 0.6) is 0 Å². The van der Waals surface area contributed by atoms with Gasteiger partial charge in [-0.3, -0.25) is 4.79 Å². The van der Waals surface area contributed by atoms with E-state index in [1.807, 2.05) is 0 Å². The SMILES string of the molecule is CNC(=O)OCC1CN(C=O)C1. The number of hydrogen-bond donors (Lipinski definition) is 1. The second-order valence-electron chi connectivity index (χ2n) is 2.77. The number of amides is 2. The maximum absolute atomic E-state index is 10.6. The van der Waals surface area contributed by atoms with Crippen LogP contribution in [-0.2, 0) is 9.53 Å². The zero-order valence-corrected chi connectivity index (χ0v) is 6.95. The van der Waals surface area contributed by atoms with Gasteiger partial charge in [0.15, 0.2) is 0 Å². The Morgan fingerprint density at radius 1 is 1.75 bits per heavy atom. The van der Waals surface area contributed by atoms with Crippen molar-refractivity contribution >= 4 is 12.5 Å². The highest BCUT2D eigenvalue weighted by Crippen LogP contribution is 2.12. The minimum absolute atomic E-state index is 0.312. The van der Waals surface area contributed by atoms with Gasteiger partial charge in [-0.2, -0.15) is 0 Å². The van der Waals surface area contributed by atoms with Gasteiger partial charge < -0.3 is 15.0 Å². The number of hydrogen-bond acceptors (Lipinski definition) is 3. The summed E-state index contributed by atoms with van der Waals surface area (Å²) in [6, 6.07) is 0. The van der Waals surface area contributed by atoms with Gasteiger partial charge in [-0.1, -0.05) is 0 Å². The lowest BCUT2D eigenvalue weighted by molar-refractivity contribution is -0.124. The van der Waals surface area contributed by atoms with Gasteiger partial charge in [0, 0.05) is 26.1 Å². The van der Waals surface area contributed by atoms with Gasteiger partial charge in [0.25, 0.3) is 0 Å². The quantitative estimate of drug-likeness (QED) is 0.580. The fourth-order valence-electron chi connectivity index (χ4n) is 1.07. The number of likely N-dealkylation sites (tertiary alicyclic amines) is 1. The third-order valence-electron chi connectivity index (χ3n) is 1.79. The van der Waals surface area contributed by atoms with E-state index in [0.29, 0.717) is 25.6 Å². The van der Waals surface area contributed by atoms with Crippen LogP contribution in [0.1, 0.15) is 0 Å². The third-order valence-corrected chi connectivity index (χ3v) is 1.79. The molecule has 0 aromatic heterocycles. The van der Waals surface area contributed by atoms with E-state index >= 15 is 0 Å². The minimum Gasteiger partial charge on any atom is -0.449 e. The maximum Gasteiger partial charge on any atom is 0.406 e. The molecule has 0 atom stereocenters. The molecule has 68 valence electrons. The average Bonchev–Trinajstić information content (AvgIpc) is 2.01. The Kier molecular flexibility index (Phi) is 2.90. The number of alkyl carbamates (subject to hydrolysis) is 1. The molecule has 0 spiro atoms. The molecule has 5 nitrogen and oxygen atoms in total. The molecule has 0 saturated carbocycles. The van der Waals surface area contributed by atoms with E-state index in [0.717, 1.165) is 6.41 Å². The monoisotopic (exact) mass is 172 g/mol. The summed E-state index contributed by atoms with van der Waals surface area (Å²) in [6.07, 6.45) is 0.385. The van der Waals surface area contributed by atoms with Gasteiger partial charge >= 0.3 is 6.09 Å². The van der Waals surface area contributed by atoms with E-state index in [1.54, 1.807) is 4.90 Å². The molecule has 0 aliphatic carbocycles. The molecule has 0 aromatic carbocycles. The number of nitrogens with one attached hydrogen (secondary N) is 1. The predicted octanol–water partition coefficient (Wildman–Crippen LogP) is -0.569. The summed E-state index contributed by atoms with van der Waals surface area (Å²) in [7, 11) is 1.51. The van der Waals surface area contributed by atoms with Crippen LogP contribution in [0.15, 0.2) is 0 Å². The molecule has 0 radical (unpaired) electrons. The smallest absolute Gasteiger partial charge is 0.406 e. The summed E-state index contributed by atoms with van der Waals surface area (Å²) < 4.78 is 4.80. The summed E-state index contributed by atoms with van der Waals surface area (Å²) in [4.78, 5) is 22.4. The van der Waals surface area contributed by atoms with Crippen LogP contribution in [-0.4, -0.2) is 44.1 Å². The molecule has 5 heteroatoms.